The Morgan fingerprint density at radius 3 is 1.52 bits per heavy atom. The van der Waals surface area contributed by atoms with Crippen molar-refractivity contribution in [2.45, 2.75) is 13.3 Å². The van der Waals surface area contributed by atoms with Gasteiger partial charge in [0.25, 0.3) is 0 Å². The van der Waals surface area contributed by atoms with Crippen LogP contribution in [0.5, 0.6) is 0 Å². The van der Waals surface area contributed by atoms with Gasteiger partial charge in [0.2, 0.25) is 0 Å². The number of carbonyl (C=O) groups is 6. The Balaban J connectivity index is 6.94. The molecule has 0 saturated heterocycles. The molecule has 0 aliphatic carbocycles. The fraction of sp³-hybridized carbons (Fsp3) is 0.333. The van der Waals surface area contributed by atoms with Crippen LogP contribution >= 0.6 is 0 Å². The zero-order valence-electron chi connectivity index (χ0n) is 13.8. The minimum absolute atomic E-state index is 0.731. The first kappa shape index (κ1) is 23.3. The van der Waals surface area contributed by atoms with Crippen molar-refractivity contribution < 1.29 is 59.4 Å². The van der Waals surface area contributed by atoms with Gasteiger partial charge in [0.1, 0.15) is 0 Å². The molecule has 12 heteroatoms. The van der Waals surface area contributed by atoms with Crippen LogP contribution in [0.15, 0.2) is 23.3 Å². The lowest BCUT2D eigenvalue weighted by molar-refractivity contribution is -0.154. The van der Waals surface area contributed by atoms with Gasteiger partial charge < -0.3 is 30.6 Å². The van der Waals surface area contributed by atoms with Crippen LogP contribution in [-0.2, 0) is 28.8 Å². The summed E-state index contributed by atoms with van der Waals surface area (Å²) in [4.78, 5) is 67.9. The molecule has 0 aromatic rings. The first-order chi connectivity index (χ1) is 12.2. The molecule has 12 nitrogen and oxygen atoms in total. The molecule has 0 saturated carbocycles. The lowest BCUT2D eigenvalue weighted by atomic mass is 9.71. The Labute approximate surface area is 150 Å². The van der Waals surface area contributed by atoms with E-state index in [4.69, 9.17) is 15.3 Å². The highest BCUT2D eigenvalue weighted by Gasteiger charge is 2.47. The summed E-state index contributed by atoms with van der Waals surface area (Å²) in [5.41, 5.74) is -3.37. The zero-order chi connectivity index (χ0) is 21.6. The van der Waals surface area contributed by atoms with Crippen molar-refractivity contribution in [1.82, 2.24) is 0 Å². The minimum Gasteiger partial charge on any atom is -0.481 e. The van der Waals surface area contributed by atoms with Crippen molar-refractivity contribution in [1.29, 1.82) is 0 Å². The van der Waals surface area contributed by atoms with Crippen LogP contribution in [0.3, 0.4) is 0 Å². The van der Waals surface area contributed by atoms with Gasteiger partial charge in [0, 0.05) is 17.1 Å². The standard InChI is InChI=1S/C15H16O12/c1-4(11(18)19)8(6(13(22)23)3-7(16)17)10(15(26)27)9(14(24)25)5(2)12(20)21/h6,8,10H,1,3H2,2H3,(H,16,17)(H,18,19)(H,20,21)(H,22,23)(H,24,25)(H,26,27). The van der Waals surface area contributed by atoms with Gasteiger partial charge in [0.05, 0.1) is 23.8 Å². The second kappa shape index (κ2) is 9.12. The van der Waals surface area contributed by atoms with Gasteiger partial charge in [-0.3, -0.25) is 14.4 Å². The van der Waals surface area contributed by atoms with E-state index >= 15 is 0 Å². The smallest absolute Gasteiger partial charge is 0.333 e. The number of carboxylic acids is 6. The van der Waals surface area contributed by atoms with Crippen molar-refractivity contribution in [3.63, 3.8) is 0 Å². The van der Waals surface area contributed by atoms with E-state index in [1.807, 2.05) is 0 Å². The molecule has 0 amide bonds. The van der Waals surface area contributed by atoms with Crippen molar-refractivity contribution >= 4 is 35.8 Å². The van der Waals surface area contributed by atoms with E-state index in [1.54, 1.807) is 0 Å². The lowest BCUT2D eigenvalue weighted by Crippen LogP contribution is -2.40. The molecule has 0 radical (unpaired) electrons. The van der Waals surface area contributed by atoms with E-state index in [0.717, 1.165) is 6.92 Å². The molecule has 0 fully saturated rings. The zero-order valence-corrected chi connectivity index (χ0v) is 13.8. The Morgan fingerprint density at radius 1 is 0.778 bits per heavy atom. The quantitative estimate of drug-likeness (QED) is 0.249. The number of rotatable bonds is 11. The van der Waals surface area contributed by atoms with Gasteiger partial charge in [-0.1, -0.05) is 6.58 Å². The average molecular weight is 388 g/mol. The van der Waals surface area contributed by atoms with Crippen LogP contribution in [-0.4, -0.2) is 66.5 Å². The summed E-state index contributed by atoms with van der Waals surface area (Å²) in [6.07, 6.45) is -1.25. The summed E-state index contributed by atoms with van der Waals surface area (Å²) in [6.45, 7) is 3.76. The first-order valence-corrected chi connectivity index (χ1v) is 7.00. The second-order valence-electron chi connectivity index (χ2n) is 5.36. The minimum atomic E-state index is -2.50. The molecule has 3 atom stereocenters. The number of aliphatic carboxylic acids is 6. The molecule has 3 unspecified atom stereocenters. The number of carboxylic acid groups (broad SMARTS) is 6. The number of hydrogen-bond donors (Lipinski definition) is 6. The topological polar surface area (TPSA) is 224 Å². The normalized spacial score (nSPS) is 14.9. The van der Waals surface area contributed by atoms with Gasteiger partial charge >= 0.3 is 35.8 Å². The van der Waals surface area contributed by atoms with Gasteiger partial charge in [-0.05, 0) is 6.92 Å². The number of hydrogen-bond acceptors (Lipinski definition) is 6. The predicted octanol–water partition coefficient (Wildman–Crippen LogP) is -0.395. The molecule has 6 N–H and O–H groups in total. The van der Waals surface area contributed by atoms with Crippen LogP contribution < -0.4 is 0 Å². The summed E-state index contributed by atoms with van der Waals surface area (Å²) in [5, 5.41) is 54.9. The molecule has 148 valence electrons. The van der Waals surface area contributed by atoms with Crippen molar-refractivity contribution in [3.05, 3.63) is 23.3 Å². The molecule has 0 spiro atoms. The maximum Gasteiger partial charge on any atom is 0.333 e. The molecular weight excluding hydrogens is 372 g/mol. The van der Waals surface area contributed by atoms with E-state index in [1.165, 1.54) is 0 Å². The van der Waals surface area contributed by atoms with Crippen LogP contribution in [0.4, 0.5) is 0 Å². The van der Waals surface area contributed by atoms with E-state index in [-0.39, 0.29) is 0 Å². The van der Waals surface area contributed by atoms with Crippen LogP contribution in [0.1, 0.15) is 13.3 Å². The predicted molar refractivity (Wildman–Crippen MR) is 82.7 cm³/mol. The molecule has 0 heterocycles. The maximum atomic E-state index is 11.7. The lowest BCUT2D eigenvalue weighted by Gasteiger charge is -2.29. The Kier molecular flexibility index (Phi) is 7.87. The molecule has 0 aromatic heterocycles. The Bertz CT molecular complexity index is 744. The molecular formula is C15H16O12. The third kappa shape index (κ3) is 5.66. The molecule has 27 heavy (non-hydrogen) atoms. The molecule has 0 bridgehead atoms. The summed E-state index contributed by atoms with van der Waals surface area (Å²) >= 11 is 0. The van der Waals surface area contributed by atoms with Crippen molar-refractivity contribution in [3.8, 4) is 0 Å². The fourth-order valence-electron chi connectivity index (χ4n) is 2.47. The average Bonchev–Trinajstić information content (AvgIpc) is 2.50. The molecule has 0 aliphatic heterocycles. The summed E-state index contributed by atoms with van der Waals surface area (Å²) in [6, 6.07) is 0. The van der Waals surface area contributed by atoms with Gasteiger partial charge in [0.15, 0.2) is 0 Å². The van der Waals surface area contributed by atoms with E-state index in [2.05, 4.69) is 6.58 Å². The van der Waals surface area contributed by atoms with Crippen molar-refractivity contribution in [2.24, 2.45) is 17.8 Å². The van der Waals surface area contributed by atoms with E-state index < -0.39 is 76.7 Å². The summed E-state index contributed by atoms with van der Waals surface area (Å²) in [7, 11) is 0. The third-order valence-corrected chi connectivity index (χ3v) is 3.71. The molecule has 0 rings (SSSR count). The van der Waals surface area contributed by atoms with Crippen LogP contribution in [0.2, 0.25) is 0 Å². The van der Waals surface area contributed by atoms with E-state index in [0.29, 0.717) is 0 Å². The highest BCUT2D eigenvalue weighted by Crippen LogP contribution is 2.37. The highest BCUT2D eigenvalue weighted by molar-refractivity contribution is 6.03. The SMILES string of the molecule is C=C(C(=O)O)C(C(CC(=O)O)C(=O)O)C(C(=O)O)C(C(=O)O)=C(C)C(=O)O. The molecule has 0 aromatic carbocycles. The first-order valence-electron chi connectivity index (χ1n) is 7.00. The second-order valence-corrected chi connectivity index (χ2v) is 5.36. The van der Waals surface area contributed by atoms with Crippen LogP contribution in [0, 0.1) is 17.8 Å². The fourth-order valence-corrected chi connectivity index (χ4v) is 2.47. The highest BCUT2D eigenvalue weighted by atomic mass is 16.4. The van der Waals surface area contributed by atoms with E-state index in [9.17, 15) is 44.1 Å². The Morgan fingerprint density at radius 2 is 1.26 bits per heavy atom. The molecule has 0 aliphatic rings. The van der Waals surface area contributed by atoms with Gasteiger partial charge in [-0.2, -0.15) is 0 Å². The van der Waals surface area contributed by atoms with Crippen LogP contribution in [0.25, 0.3) is 0 Å². The summed E-state index contributed by atoms with van der Waals surface area (Å²) in [5.74, 6) is -18.5. The monoisotopic (exact) mass is 388 g/mol. The van der Waals surface area contributed by atoms with Gasteiger partial charge in [-0.15, -0.1) is 0 Å². The van der Waals surface area contributed by atoms with Gasteiger partial charge in [-0.25, -0.2) is 14.4 Å². The Hall–Kier alpha value is -3.70. The summed E-state index contributed by atoms with van der Waals surface area (Å²) < 4.78 is 0. The van der Waals surface area contributed by atoms with Crippen molar-refractivity contribution in [2.75, 3.05) is 0 Å². The maximum absolute atomic E-state index is 11.7. The third-order valence-electron chi connectivity index (χ3n) is 3.71. The largest absolute Gasteiger partial charge is 0.481 e.